The first-order valence-corrected chi connectivity index (χ1v) is 5.31. The van der Waals surface area contributed by atoms with Crippen molar-refractivity contribution in [3.05, 3.63) is 0 Å². The lowest BCUT2D eigenvalue weighted by Crippen LogP contribution is -2.57. The highest BCUT2D eigenvalue weighted by Gasteiger charge is 2.35. The van der Waals surface area contributed by atoms with Gasteiger partial charge < -0.3 is 10.6 Å². The summed E-state index contributed by atoms with van der Waals surface area (Å²) in [5.41, 5.74) is 5.13. The molecule has 1 saturated heterocycles. The third kappa shape index (κ3) is 2.64. The zero-order valence-electron chi connectivity index (χ0n) is 8.27. The van der Waals surface area contributed by atoms with Crippen LogP contribution < -0.4 is 5.73 Å². The molecule has 1 aliphatic heterocycles. The van der Waals surface area contributed by atoms with Gasteiger partial charge in [-0.05, 0) is 18.1 Å². The maximum atomic E-state index is 11.5. The van der Waals surface area contributed by atoms with E-state index in [1.807, 2.05) is 6.92 Å². The minimum absolute atomic E-state index is 0.0148. The summed E-state index contributed by atoms with van der Waals surface area (Å²) in [6.45, 7) is 2.60. The van der Waals surface area contributed by atoms with Crippen molar-refractivity contribution in [3.8, 4) is 0 Å². The molecule has 0 saturated carbocycles. The fraction of sp³-hybridized carbons (Fsp3) is 0.778. The van der Waals surface area contributed by atoms with Crippen molar-refractivity contribution >= 4 is 24.4 Å². The Hall–Kier alpha value is -0.710. The van der Waals surface area contributed by atoms with Crippen LogP contribution in [-0.2, 0) is 9.59 Å². The maximum absolute atomic E-state index is 11.5. The molecule has 0 bridgehead atoms. The van der Waals surface area contributed by atoms with Crippen molar-refractivity contribution in [1.82, 2.24) is 4.90 Å². The van der Waals surface area contributed by atoms with Crippen molar-refractivity contribution in [2.24, 2.45) is 5.73 Å². The highest BCUT2D eigenvalue weighted by Crippen LogP contribution is 2.19. The molecule has 0 spiro atoms. The molecule has 0 radical (unpaired) electrons. The van der Waals surface area contributed by atoms with E-state index >= 15 is 0 Å². The summed E-state index contributed by atoms with van der Waals surface area (Å²) in [4.78, 5) is 23.9. The molecule has 1 heterocycles. The van der Waals surface area contributed by atoms with Gasteiger partial charge >= 0.3 is 0 Å². The van der Waals surface area contributed by atoms with E-state index in [1.54, 1.807) is 4.90 Å². The number of hydrogen-bond donors (Lipinski definition) is 2. The molecule has 2 N–H and O–H groups in total. The van der Waals surface area contributed by atoms with Crippen LogP contribution in [-0.4, -0.2) is 34.6 Å². The van der Waals surface area contributed by atoms with Crippen LogP contribution in [0.25, 0.3) is 0 Å². The standard InChI is InChI=1S/C9H16N2O2S/c1-6(14)2-3-8(12)11-5-4-7(11)9(10)13/h6-7,14H,2-5H2,1H3,(H2,10,13). The Bertz CT molecular complexity index is 243. The van der Waals surface area contributed by atoms with Gasteiger partial charge in [0.15, 0.2) is 0 Å². The van der Waals surface area contributed by atoms with Crippen LogP contribution >= 0.6 is 12.6 Å². The molecule has 2 amide bonds. The van der Waals surface area contributed by atoms with Gasteiger partial charge in [0, 0.05) is 13.0 Å². The predicted molar refractivity (Wildman–Crippen MR) is 57.0 cm³/mol. The lowest BCUT2D eigenvalue weighted by Gasteiger charge is -2.38. The van der Waals surface area contributed by atoms with Gasteiger partial charge in [0.1, 0.15) is 6.04 Å². The molecule has 1 rings (SSSR count). The number of primary amides is 1. The van der Waals surface area contributed by atoms with Crippen LogP contribution in [0.1, 0.15) is 26.2 Å². The second-order valence-corrected chi connectivity index (χ2v) is 4.56. The first kappa shape index (κ1) is 11.4. The minimum Gasteiger partial charge on any atom is -0.368 e. The summed E-state index contributed by atoms with van der Waals surface area (Å²) in [6.07, 6.45) is 1.90. The van der Waals surface area contributed by atoms with Crippen LogP contribution in [0.15, 0.2) is 0 Å². The molecular formula is C9H16N2O2S. The van der Waals surface area contributed by atoms with Gasteiger partial charge in [0.2, 0.25) is 11.8 Å². The zero-order chi connectivity index (χ0) is 10.7. The minimum atomic E-state index is -0.400. The molecule has 0 aliphatic carbocycles. The van der Waals surface area contributed by atoms with Gasteiger partial charge in [-0.15, -0.1) is 0 Å². The van der Waals surface area contributed by atoms with Gasteiger partial charge in [0.25, 0.3) is 0 Å². The molecule has 0 aromatic rings. The number of thiol groups is 1. The smallest absolute Gasteiger partial charge is 0.240 e. The van der Waals surface area contributed by atoms with E-state index in [1.165, 1.54) is 0 Å². The van der Waals surface area contributed by atoms with Crippen LogP contribution in [0, 0.1) is 0 Å². The molecule has 2 atom stereocenters. The second-order valence-electron chi connectivity index (χ2n) is 3.68. The summed E-state index contributed by atoms with van der Waals surface area (Å²) in [7, 11) is 0. The summed E-state index contributed by atoms with van der Waals surface area (Å²) in [6, 6.07) is -0.363. The van der Waals surface area contributed by atoms with E-state index in [9.17, 15) is 9.59 Å². The molecule has 14 heavy (non-hydrogen) atoms. The number of carbonyl (C=O) groups is 2. The second kappa shape index (κ2) is 4.68. The number of likely N-dealkylation sites (tertiary alicyclic amines) is 1. The average molecular weight is 216 g/mol. The molecule has 1 aliphatic rings. The SMILES string of the molecule is CC(S)CCC(=O)N1CCC1C(N)=O. The largest absolute Gasteiger partial charge is 0.368 e. The van der Waals surface area contributed by atoms with E-state index in [0.29, 0.717) is 19.4 Å². The summed E-state index contributed by atoms with van der Waals surface area (Å²) in [5, 5.41) is 0.215. The quantitative estimate of drug-likeness (QED) is 0.658. The summed E-state index contributed by atoms with van der Waals surface area (Å²) < 4.78 is 0. The zero-order valence-corrected chi connectivity index (χ0v) is 9.17. The normalized spacial score (nSPS) is 22.7. The highest BCUT2D eigenvalue weighted by molar-refractivity contribution is 7.80. The Labute approximate surface area is 89.2 Å². The molecule has 0 aromatic heterocycles. The first-order valence-electron chi connectivity index (χ1n) is 4.79. The monoisotopic (exact) mass is 216 g/mol. The van der Waals surface area contributed by atoms with E-state index < -0.39 is 5.91 Å². The molecule has 5 heteroatoms. The van der Waals surface area contributed by atoms with Crippen molar-refractivity contribution in [2.45, 2.75) is 37.5 Å². The summed E-state index contributed by atoms with van der Waals surface area (Å²) in [5.74, 6) is -0.385. The fourth-order valence-corrected chi connectivity index (χ4v) is 1.59. The van der Waals surface area contributed by atoms with Crippen LogP contribution in [0.3, 0.4) is 0 Å². The van der Waals surface area contributed by atoms with E-state index in [0.717, 1.165) is 6.42 Å². The van der Waals surface area contributed by atoms with E-state index in [4.69, 9.17) is 5.73 Å². The predicted octanol–water partition coefficient (Wildman–Crippen LogP) is 0.171. The van der Waals surface area contributed by atoms with E-state index in [-0.39, 0.29) is 17.2 Å². The Morgan fingerprint density at radius 3 is 2.64 bits per heavy atom. The maximum Gasteiger partial charge on any atom is 0.240 e. The number of amides is 2. The van der Waals surface area contributed by atoms with Crippen LogP contribution in [0.4, 0.5) is 0 Å². The third-order valence-corrected chi connectivity index (χ3v) is 2.70. The van der Waals surface area contributed by atoms with Crippen molar-refractivity contribution in [3.63, 3.8) is 0 Å². The van der Waals surface area contributed by atoms with E-state index in [2.05, 4.69) is 12.6 Å². The molecule has 0 aromatic carbocycles. The Morgan fingerprint density at radius 1 is 1.64 bits per heavy atom. The average Bonchev–Trinajstić information content (AvgIpc) is 1.97. The van der Waals surface area contributed by atoms with Crippen molar-refractivity contribution in [1.29, 1.82) is 0 Å². The Balaban J connectivity index is 2.35. The molecule has 80 valence electrons. The topological polar surface area (TPSA) is 63.4 Å². The summed E-state index contributed by atoms with van der Waals surface area (Å²) >= 11 is 4.19. The molecular weight excluding hydrogens is 200 g/mol. The number of hydrogen-bond acceptors (Lipinski definition) is 3. The van der Waals surface area contributed by atoms with Crippen molar-refractivity contribution < 1.29 is 9.59 Å². The molecule has 2 unspecified atom stereocenters. The molecule has 4 nitrogen and oxygen atoms in total. The van der Waals surface area contributed by atoms with Gasteiger partial charge in [0.05, 0.1) is 0 Å². The number of nitrogens with zero attached hydrogens (tertiary/aromatic N) is 1. The van der Waals surface area contributed by atoms with Crippen LogP contribution in [0.5, 0.6) is 0 Å². The Kier molecular flexibility index (Phi) is 3.80. The third-order valence-electron chi connectivity index (χ3n) is 2.44. The lowest BCUT2D eigenvalue weighted by atomic mass is 10.0. The Morgan fingerprint density at radius 2 is 2.29 bits per heavy atom. The van der Waals surface area contributed by atoms with Crippen LogP contribution in [0.2, 0.25) is 0 Å². The lowest BCUT2D eigenvalue weighted by molar-refractivity contribution is -0.146. The number of nitrogens with two attached hydrogens (primary N) is 1. The number of rotatable bonds is 4. The fourth-order valence-electron chi connectivity index (χ4n) is 1.46. The molecule has 1 fully saturated rings. The van der Waals surface area contributed by atoms with Gasteiger partial charge in [-0.3, -0.25) is 9.59 Å². The number of carbonyl (C=O) groups excluding carboxylic acids is 2. The van der Waals surface area contributed by atoms with Gasteiger partial charge in [-0.1, -0.05) is 6.92 Å². The van der Waals surface area contributed by atoms with Crippen molar-refractivity contribution in [2.75, 3.05) is 6.54 Å². The van der Waals surface area contributed by atoms with Gasteiger partial charge in [-0.2, -0.15) is 12.6 Å². The highest BCUT2D eigenvalue weighted by atomic mass is 32.1. The van der Waals surface area contributed by atoms with Gasteiger partial charge in [-0.25, -0.2) is 0 Å². The first-order chi connectivity index (χ1) is 6.52.